The normalized spacial score (nSPS) is 35.8. The highest BCUT2D eigenvalue weighted by Crippen LogP contribution is 2.30. The highest BCUT2D eigenvalue weighted by atomic mass is 16.3. The maximum Gasteiger partial charge on any atom is 0.248 e. The summed E-state index contributed by atoms with van der Waals surface area (Å²) in [5.41, 5.74) is 0. The minimum atomic E-state index is -0.889. The second-order valence-electron chi connectivity index (χ2n) is 4.24. The van der Waals surface area contributed by atoms with Crippen LogP contribution in [0.4, 0.5) is 0 Å². The minimum absolute atomic E-state index is 0.245. The largest absolute Gasteiger partial charge is 0.384 e. The zero-order valence-electron chi connectivity index (χ0n) is 8.58. The predicted octanol–water partition coefficient (Wildman–Crippen LogP) is 0.918. The Kier molecular flexibility index (Phi) is 3.31. The molecule has 0 aliphatic heterocycles. The highest BCUT2D eigenvalue weighted by Gasteiger charge is 2.31. The van der Waals surface area contributed by atoms with E-state index in [-0.39, 0.29) is 11.9 Å². The molecule has 2 unspecified atom stereocenters. The van der Waals surface area contributed by atoms with Crippen LogP contribution in [0.25, 0.3) is 0 Å². The molecule has 13 heavy (non-hydrogen) atoms. The molecule has 0 aromatic heterocycles. The monoisotopic (exact) mass is 185 g/mol. The van der Waals surface area contributed by atoms with Crippen LogP contribution >= 0.6 is 0 Å². The van der Waals surface area contributed by atoms with E-state index in [0.717, 1.165) is 0 Å². The van der Waals surface area contributed by atoms with Gasteiger partial charge < -0.3 is 10.4 Å². The van der Waals surface area contributed by atoms with Gasteiger partial charge in [0.05, 0.1) is 0 Å². The number of hydrogen-bond donors (Lipinski definition) is 2. The molecule has 1 aliphatic carbocycles. The lowest BCUT2D eigenvalue weighted by atomic mass is 10.0. The zero-order chi connectivity index (χ0) is 10.0. The standard InChI is InChI=1S/C10H19NO2/c1-6-4-5-7(2)9(6)11-10(13)8(3)12/h6-9,12H,4-5H2,1-3H3,(H,11,13)/t6?,7?,8-,9?/m0/s1. The van der Waals surface area contributed by atoms with Gasteiger partial charge in [0.25, 0.3) is 0 Å². The minimum Gasteiger partial charge on any atom is -0.384 e. The zero-order valence-corrected chi connectivity index (χ0v) is 8.58. The van der Waals surface area contributed by atoms with E-state index < -0.39 is 6.10 Å². The predicted molar refractivity (Wildman–Crippen MR) is 51.2 cm³/mol. The molecule has 0 bridgehead atoms. The van der Waals surface area contributed by atoms with Crippen LogP contribution in [0, 0.1) is 11.8 Å². The van der Waals surface area contributed by atoms with Gasteiger partial charge in [0, 0.05) is 6.04 Å². The Morgan fingerprint density at radius 1 is 1.38 bits per heavy atom. The Bertz CT molecular complexity index is 181. The van der Waals surface area contributed by atoms with Crippen LogP contribution in [0.15, 0.2) is 0 Å². The van der Waals surface area contributed by atoms with E-state index in [1.54, 1.807) is 0 Å². The molecule has 1 saturated carbocycles. The Labute approximate surface area is 79.5 Å². The Balaban J connectivity index is 2.47. The molecule has 0 saturated heterocycles. The highest BCUT2D eigenvalue weighted by molar-refractivity contribution is 5.80. The fraction of sp³-hybridized carbons (Fsp3) is 0.900. The summed E-state index contributed by atoms with van der Waals surface area (Å²) in [4.78, 5) is 11.2. The Hall–Kier alpha value is -0.570. The summed E-state index contributed by atoms with van der Waals surface area (Å²) in [5.74, 6) is 0.834. The van der Waals surface area contributed by atoms with Gasteiger partial charge in [-0.15, -0.1) is 0 Å². The summed E-state index contributed by atoms with van der Waals surface area (Å²) in [6, 6.07) is 0.252. The molecule has 1 amide bonds. The summed E-state index contributed by atoms with van der Waals surface area (Å²) < 4.78 is 0. The van der Waals surface area contributed by atoms with Gasteiger partial charge in [0.2, 0.25) is 5.91 Å². The molecule has 0 aromatic carbocycles. The van der Waals surface area contributed by atoms with Crippen LogP contribution in [0.3, 0.4) is 0 Å². The lowest BCUT2D eigenvalue weighted by Gasteiger charge is -2.22. The third-order valence-corrected chi connectivity index (χ3v) is 2.99. The van der Waals surface area contributed by atoms with Crippen LogP contribution in [0.5, 0.6) is 0 Å². The van der Waals surface area contributed by atoms with Crippen LogP contribution < -0.4 is 5.32 Å². The van der Waals surface area contributed by atoms with Crippen LogP contribution in [-0.4, -0.2) is 23.2 Å². The van der Waals surface area contributed by atoms with Crippen LogP contribution in [-0.2, 0) is 4.79 Å². The molecular formula is C10H19NO2. The number of aliphatic hydroxyl groups excluding tert-OH is 1. The van der Waals surface area contributed by atoms with E-state index >= 15 is 0 Å². The summed E-state index contributed by atoms with van der Waals surface area (Å²) in [6.45, 7) is 5.80. The van der Waals surface area contributed by atoms with Crippen molar-refractivity contribution < 1.29 is 9.90 Å². The molecule has 0 spiro atoms. The van der Waals surface area contributed by atoms with Gasteiger partial charge in [-0.3, -0.25) is 4.79 Å². The van der Waals surface area contributed by atoms with Crippen molar-refractivity contribution in [3.8, 4) is 0 Å². The van der Waals surface area contributed by atoms with Gasteiger partial charge in [-0.25, -0.2) is 0 Å². The molecule has 3 nitrogen and oxygen atoms in total. The second-order valence-corrected chi connectivity index (χ2v) is 4.24. The van der Waals surface area contributed by atoms with E-state index in [1.807, 2.05) is 0 Å². The fourth-order valence-corrected chi connectivity index (χ4v) is 2.02. The van der Waals surface area contributed by atoms with Crippen molar-refractivity contribution in [2.75, 3.05) is 0 Å². The third kappa shape index (κ3) is 2.44. The van der Waals surface area contributed by atoms with E-state index in [0.29, 0.717) is 11.8 Å². The number of amides is 1. The van der Waals surface area contributed by atoms with Gasteiger partial charge in [0.1, 0.15) is 6.10 Å². The quantitative estimate of drug-likeness (QED) is 0.672. The number of carbonyl (C=O) groups excluding carboxylic acids is 1. The van der Waals surface area contributed by atoms with E-state index in [1.165, 1.54) is 19.8 Å². The van der Waals surface area contributed by atoms with Crippen molar-refractivity contribution in [3.05, 3.63) is 0 Å². The molecule has 76 valence electrons. The topological polar surface area (TPSA) is 49.3 Å². The van der Waals surface area contributed by atoms with Gasteiger partial charge in [0.15, 0.2) is 0 Å². The van der Waals surface area contributed by atoms with Gasteiger partial charge in [-0.1, -0.05) is 13.8 Å². The average Bonchev–Trinajstić information content (AvgIpc) is 2.35. The van der Waals surface area contributed by atoms with Crippen molar-refractivity contribution in [1.82, 2.24) is 5.32 Å². The van der Waals surface area contributed by atoms with Crippen molar-refractivity contribution in [2.45, 2.75) is 45.8 Å². The van der Waals surface area contributed by atoms with Gasteiger partial charge >= 0.3 is 0 Å². The van der Waals surface area contributed by atoms with E-state index in [4.69, 9.17) is 5.11 Å². The SMILES string of the molecule is CC1CCC(C)C1NC(=O)[C@H](C)O. The molecule has 0 heterocycles. The number of aliphatic hydroxyl groups is 1. The van der Waals surface area contributed by atoms with Gasteiger partial charge in [-0.05, 0) is 31.6 Å². The molecule has 2 N–H and O–H groups in total. The Morgan fingerprint density at radius 3 is 2.23 bits per heavy atom. The molecule has 1 rings (SSSR count). The summed E-state index contributed by atoms with van der Waals surface area (Å²) >= 11 is 0. The number of nitrogens with one attached hydrogen (secondary N) is 1. The van der Waals surface area contributed by atoms with E-state index in [9.17, 15) is 4.79 Å². The molecule has 0 aromatic rings. The third-order valence-electron chi connectivity index (χ3n) is 2.99. The maximum atomic E-state index is 11.2. The van der Waals surface area contributed by atoms with Crippen molar-refractivity contribution in [2.24, 2.45) is 11.8 Å². The fourth-order valence-electron chi connectivity index (χ4n) is 2.02. The Morgan fingerprint density at radius 2 is 1.85 bits per heavy atom. The van der Waals surface area contributed by atoms with E-state index in [2.05, 4.69) is 19.2 Å². The molecular weight excluding hydrogens is 166 g/mol. The lowest BCUT2D eigenvalue weighted by molar-refractivity contribution is -0.129. The number of rotatable bonds is 2. The first-order valence-electron chi connectivity index (χ1n) is 5.00. The molecule has 1 aliphatic rings. The maximum absolute atomic E-state index is 11.2. The van der Waals surface area contributed by atoms with Crippen LogP contribution in [0.1, 0.15) is 33.6 Å². The lowest BCUT2D eigenvalue weighted by Crippen LogP contribution is -2.44. The number of hydrogen-bond acceptors (Lipinski definition) is 2. The van der Waals surface area contributed by atoms with Crippen molar-refractivity contribution in [1.29, 1.82) is 0 Å². The smallest absolute Gasteiger partial charge is 0.248 e. The molecule has 3 heteroatoms. The second kappa shape index (κ2) is 4.09. The number of carbonyl (C=O) groups is 1. The first kappa shape index (κ1) is 10.5. The average molecular weight is 185 g/mol. The molecule has 1 fully saturated rings. The van der Waals surface area contributed by atoms with Crippen LogP contribution in [0.2, 0.25) is 0 Å². The first-order chi connectivity index (χ1) is 6.02. The van der Waals surface area contributed by atoms with Crippen molar-refractivity contribution in [3.63, 3.8) is 0 Å². The van der Waals surface area contributed by atoms with Gasteiger partial charge in [-0.2, -0.15) is 0 Å². The summed E-state index contributed by atoms with van der Waals surface area (Å²) in [6.07, 6.45) is 1.46. The molecule has 3 atom stereocenters. The summed E-state index contributed by atoms with van der Waals surface area (Å²) in [7, 11) is 0. The summed E-state index contributed by atoms with van der Waals surface area (Å²) in [5, 5.41) is 11.9. The molecule has 0 radical (unpaired) electrons. The first-order valence-corrected chi connectivity index (χ1v) is 5.00. The van der Waals surface area contributed by atoms with Crippen molar-refractivity contribution >= 4 is 5.91 Å².